The van der Waals surface area contributed by atoms with Gasteiger partial charge >= 0.3 is 0 Å². The van der Waals surface area contributed by atoms with Crippen LogP contribution in [0.25, 0.3) is 0 Å². The zero-order valence-electron chi connectivity index (χ0n) is 15.0. The Morgan fingerprint density at radius 2 is 0.783 bits per heavy atom. The van der Waals surface area contributed by atoms with Crippen LogP contribution < -0.4 is 11.5 Å². The highest BCUT2D eigenvalue weighted by atomic mass is 35.5. The molecular formula is C20H29ClN2. The number of hydrogen-bond acceptors (Lipinski definition) is 2. The van der Waals surface area contributed by atoms with Gasteiger partial charge in [-0.15, -0.1) is 12.4 Å². The second-order valence-electron chi connectivity index (χ2n) is 6.68. The van der Waals surface area contributed by atoms with E-state index in [1.165, 1.54) is 44.5 Å². The average molecular weight is 333 g/mol. The normalized spacial score (nSPS) is 13.4. The fourth-order valence-corrected chi connectivity index (χ4v) is 3.79. The summed E-state index contributed by atoms with van der Waals surface area (Å²) < 4.78 is 0. The first-order valence-corrected chi connectivity index (χ1v) is 7.89. The first-order chi connectivity index (χ1) is 10.2. The minimum absolute atomic E-state index is 0. The Bertz CT molecular complexity index is 599. The van der Waals surface area contributed by atoms with E-state index in [0.717, 1.165) is 0 Å². The Kier molecular flexibility index (Phi) is 6.41. The van der Waals surface area contributed by atoms with Crippen LogP contribution in [-0.4, -0.2) is 0 Å². The van der Waals surface area contributed by atoms with Crippen molar-refractivity contribution in [1.29, 1.82) is 0 Å². The van der Waals surface area contributed by atoms with Crippen molar-refractivity contribution < 1.29 is 0 Å². The molecule has 2 aromatic rings. The summed E-state index contributed by atoms with van der Waals surface area (Å²) in [5.74, 6) is 0. The van der Waals surface area contributed by atoms with Gasteiger partial charge in [0.15, 0.2) is 0 Å². The summed E-state index contributed by atoms with van der Waals surface area (Å²) in [5, 5.41) is 0. The average Bonchev–Trinajstić information content (AvgIpc) is 2.35. The molecule has 2 nitrogen and oxygen atoms in total. The van der Waals surface area contributed by atoms with E-state index in [9.17, 15) is 0 Å². The fraction of sp³-hybridized carbons (Fsp3) is 0.400. The Morgan fingerprint density at radius 3 is 1.00 bits per heavy atom. The lowest BCUT2D eigenvalue weighted by atomic mass is 9.85. The summed E-state index contributed by atoms with van der Waals surface area (Å²) in [6.07, 6.45) is 0. The molecule has 0 aromatic heterocycles. The van der Waals surface area contributed by atoms with E-state index in [4.69, 9.17) is 11.5 Å². The molecule has 2 rings (SSSR count). The molecule has 0 aliphatic carbocycles. The topological polar surface area (TPSA) is 52.0 Å². The number of aryl methyl sites for hydroxylation is 6. The lowest BCUT2D eigenvalue weighted by Gasteiger charge is -2.27. The lowest BCUT2D eigenvalue weighted by Crippen LogP contribution is -2.29. The van der Waals surface area contributed by atoms with Crippen molar-refractivity contribution in [2.45, 2.75) is 53.6 Å². The highest BCUT2D eigenvalue weighted by Gasteiger charge is 2.23. The van der Waals surface area contributed by atoms with Crippen molar-refractivity contribution >= 4 is 12.4 Å². The quantitative estimate of drug-likeness (QED) is 0.858. The summed E-state index contributed by atoms with van der Waals surface area (Å²) in [7, 11) is 0. The van der Waals surface area contributed by atoms with Crippen LogP contribution in [0.3, 0.4) is 0 Å². The fourth-order valence-electron chi connectivity index (χ4n) is 3.79. The van der Waals surface area contributed by atoms with Gasteiger partial charge in [0.2, 0.25) is 0 Å². The van der Waals surface area contributed by atoms with Crippen LogP contribution in [0.15, 0.2) is 24.3 Å². The second kappa shape index (κ2) is 7.48. The second-order valence-corrected chi connectivity index (χ2v) is 6.68. The van der Waals surface area contributed by atoms with Gasteiger partial charge in [0.05, 0.1) is 0 Å². The molecule has 2 aromatic carbocycles. The highest BCUT2D eigenvalue weighted by molar-refractivity contribution is 5.85. The minimum Gasteiger partial charge on any atom is -0.322 e. The standard InChI is InChI=1S/C20H28N2.ClH/c1-11-7-13(3)17(14(4)8-11)19(21)20(22)18-15(5)9-12(2)10-16(18)6;/h7-10,19-20H,21-22H2,1-6H3;1H. The van der Waals surface area contributed by atoms with Gasteiger partial charge in [0.25, 0.3) is 0 Å². The Labute approximate surface area is 146 Å². The molecule has 2 atom stereocenters. The van der Waals surface area contributed by atoms with Crippen molar-refractivity contribution in [3.8, 4) is 0 Å². The molecule has 3 heteroatoms. The van der Waals surface area contributed by atoms with Crippen molar-refractivity contribution in [3.05, 3.63) is 68.8 Å². The van der Waals surface area contributed by atoms with Crippen molar-refractivity contribution in [2.24, 2.45) is 11.5 Å². The van der Waals surface area contributed by atoms with E-state index < -0.39 is 0 Å². The molecule has 126 valence electrons. The molecule has 0 amide bonds. The van der Waals surface area contributed by atoms with Crippen molar-refractivity contribution in [1.82, 2.24) is 0 Å². The van der Waals surface area contributed by atoms with Gasteiger partial charge in [-0.05, 0) is 74.9 Å². The maximum absolute atomic E-state index is 6.57. The number of rotatable bonds is 3. The first kappa shape index (κ1) is 19.7. The first-order valence-electron chi connectivity index (χ1n) is 7.89. The van der Waals surface area contributed by atoms with Crippen molar-refractivity contribution in [3.63, 3.8) is 0 Å². The molecule has 0 saturated carbocycles. The Balaban J connectivity index is 0.00000264. The van der Waals surface area contributed by atoms with Crippen LogP contribution >= 0.6 is 12.4 Å². The zero-order valence-corrected chi connectivity index (χ0v) is 15.8. The minimum atomic E-state index is -0.194. The maximum atomic E-state index is 6.57. The third kappa shape index (κ3) is 3.95. The van der Waals surface area contributed by atoms with Crippen LogP contribution in [0.4, 0.5) is 0 Å². The maximum Gasteiger partial charge on any atom is 0.0496 e. The van der Waals surface area contributed by atoms with Gasteiger partial charge < -0.3 is 11.5 Å². The largest absolute Gasteiger partial charge is 0.322 e. The number of nitrogens with two attached hydrogens (primary N) is 2. The van der Waals surface area contributed by atoms with Crippen LogP contribution in [0.2, 0.25) is 0 Å². The summed E-state index contributed by atoms with van der Waals surface area (Å²) in [6, 6.07) is 8.35. The van der Waals surface area contributed by atoms with Crippen LogP contribution in [-0.2, 0) is 0 Å². The molecule has 0 spiro atoms. The molecule has 0 heterocycles. The molecule has 2 unspecified atom stereocenters. The summed E-state index contributed by atoms with van der Waals surface area (Å²) in [5.41, 5.74) is 22.9. The molecule has 23 heavy (non-hydrogen) atoms. The summed E-state index contributed by atoms with van der Waals surface area (Å²) in [6.45, 7) is 12.7. The highest BCUT2D eigenvalue weighted by Crippen LogP contribution is 2.33. The van der Waals surface area contributed by atoms with E-state index in [1.54, 1.807) is 0 Å². The summed E-state index contributed by atoms with van der Waals surface area (Å²) >= 11 is 0. The van der Waals surface area contributed by atoms with Gasteiger partial charge in [-0.1, -0.05) is 35.4 Å². The van der Waals surface area contributed by atoms with E-state index in [-0.39, 0.29) is 24.5 Å². The molecule has 0 bridgehead atoms. The smallest absolute Gasteiger partial charge is 0.0496 e. The van der Waals surface area contributed by atoms with E-state index in [1.807, 2.05) is 0 Å². The van der Waals surface area contributed by atoms with Crippen LogP contribution in [0, 0.1) is 41.5 Å². The van der Waals surface area contributed by atoms with Gasteiger partial charge in [-0.25, -0.2) is 0 Å². The third-order valence-corrected chi connectivity index (χ3v) is 4.53. The molecule has 0 radical (unpaired) electrons. The van der Waals surface area contributed by atoms with Crippen LogP contribution in [0.5, 0.6) is 0 Å². The van der Waals surface area contributed by atoms with E-state index in [0.29, 0.717) is 0 Å². The molecule has 0 aliphatic rings. The molecule has 0 fully saturated rings. The predicted molar refractivity (Wildman–Crippen MR) is 102 cm³/mol. The lowest BCUT2D eigenvalue weighted by molar-refractivity contribution is 0.563. The number of benzene rings is 2. The Hall–Kier alpha value is -1.35. The number of hydrogen-bond donors (Lipinski definition) is 2. The van der Waals surface area contributed by atoms with Gasteiger partial charge in [-0.2, -0.15) is 0 Å². The Morgan fingerprint density at radius 1 is 0.565 bits per heavy atom. The van der Waals surface area contributed by atoms with Gasteiger partial charge in [0, 0.05) is 12.1 Å². The zero-order chi connectivity index (χ0) is 16.6. The molecule has 4 N–H and O–H groups in total. The van der Waals surface area contributed by atoms with Gasteiger partial charge in [0.1, 0.15) is 0 Å². The SMILES string of the molecule is Cc1cc(C)c(C(N)C(N)c2c(C)cc(C)cc2C)c(C)c1.Cl. The van der Waals surface area contributed by atoms with E-state index >= 15 is 0 Å². The predicted octanol–water partition coefficient (Wildman–Crippen LogP) is 4.66. The molecule has 0 saturated heterocycles. The third-order valence-electron chi connectivity index (χ3n) is 4.53. The van der Waals surface area contributed by atoms with Crippen molar-refractivity contribution in [2.75, 3.05) is 0 Å². The number of halogens is 1. The monoisotopic (exact) mass is 332 g/mol. The van der Waals surface area contributed by atoms with Crippen LogP contribution in [0.1, 0.15) is 56.6 Å². The summed E-state index contributed by atoms with van der Waals surface area (Å²) in [4.78, 5) is 0. The van der Waals surface area contributed by atoms with Gasteiger partial charge in [-0.3, -0.25) is 0 Å². The molecule has 0 aliphatic heterocycles. The molecular weight excluding hydrogens is 304 g/mol. The van der Waals surface area contributed by atoms with E-state index in [2.05, 4.69) is 65.8 Å².